The number of amidine groups is 1. The van der Waals surface area contributed by atoms with Crippen LogP contribution in [0, 0.1) is 25.1 Å². The number of hydrogen-bond donors (Lipinski definition) is 2. The van der Waals surface area contributed by atoms with Crippen LogP contribution in [0.2, 0.25) is 0 Å². The van der Waals surface area contributed by atoms with Crippen molar-refractivity contribution in [2.24, 2.45) is 5.73 Å². The average Bonchev–Trinajstić information content (AvgIpc) is 2.36. The van der Waals surface area contributed by atoms with Crippen molar-refractivity contribution < 1.29 is 9.13 Å². The molecule has 0 amide bonds. The summed E-state index contributed by atoms with van der Waals surface area (Å²) in [5.74, 6) is 0.0407. The van der Waals surface area contributed by atoms with Crippen molar-refractivity contribution in [1.82, 2.24) is 0 Å². The fraction of sp³-hybridized carbons (Fsp3) is 0.133. The van der Waals surface area contributed by atoms with Gasteiger partial charge in [-0.2, -0.15) is 0 Å². The Morgan fingerprint density at radius 1 is 1.11 bits per heavy atom. The zero-order chi connectivity index (χ0) is 14.0. The zero-order valence-electron chi connectivity index (χ0n) is 10.8. The maximum Gasteiger partial charge on any atom is 0.166 e. The molecular formula is C15H15FN2O. The highest BCUT2D eigenvalue weighted by atomic mass is 19.1. The largest absolute Gasteiger partial charge is 0.454 e. The van der Waals surface area contributed by atoms with E-state index in [4.69, 9.17) is 15.9 Å². The summed E-state index contributed by atoms with van der Waals surface area (Å²) in [4.78, 5) is 0. The first kappa shape index (κ1) is 13.1. The van der Waals surface area contributed by atoms with Gasteiger partial charge in [0.05, 0.1) is 0 Å². The number of ether oxygens (including phenoxy) is 1. The first-order valence-corrected chi connectivity index (χ1v) is 5.86. The van der Waals surface area contributed by atoms with E-state index in [1.165, 1.54) is 12.1 Å². The maximum absolute atomic E-state index is 13.9. The van der Waals surface area contributed by atoms with E-state index in [0.717, 1.165) is 11.1 Å². The lowest BCUT2D eigenvalue weighted by atomic mass is 10.1. The Bertz CT molecular complexity index is 638. The number of aryl methyl sites for hydroxylation is 2. The Morgan fingerprint density at radius 3 is 2.47 bits per heavy atom. The van der Waals surface area contributed by atoms with Crippen molar-refractivity contribution in [3.05, 3.63) is 58.9 Å². The van der Waals surface area contributed by atoms with Crippen LogP contribution in [-0.4, -0.2) is 5.84 Å². The topological polar surface area (TPSA) is 59.1 Å². The molecule has 0 aliphatic carbocycles. The van der Waals surface area contributed by atoms with E-state index >= 15 is 0 Å². The molecule has 0 aliphatic heterocycles. The minimum absolute atomic E-state index is 0.124. The number of nitrogens with two attached hydrogens (primary N) is 1. The summed E-state index contributed by atoms with van der Waals surface area (Å²) < 4.78 is 19.4. The molecule has 4 heteroatoms. The van der Waals surface area contributed by atoms with E-state index in [2.05, 4.69) is 0 Å². The van der Waals surface area contributed by atoms with Crippen molar-refractivity contribution in [3.63, 3.8) is 0 Å². The highest BCUT2D eigenvalue weighted by Crippen LogP contribution is 2.28. The van der Waals surface area contributed by atoms with Gasteiger partial charge in [0.25, 0.3) is 0 Å². The molecule has 3 N–H and O–H groups in total. The fourth-order valence-electron chi connectivity index (χ4n) is 1.69. The molecule has 2 aromatic rings. The summed E-state index contributed by atoms with van der Waals surface area (Å²) in [5.41, 5.74) is 7.62. The molecule has 0 aromatic heterocycles. The molecule has 0 spiro atoms. The summed E-state index contributed by atoms with van der Waals surface area (Å²) in [5, 5.41) is 7.26. The Kier molecular flexibility index (Phi) is 3.51. The Hall–Kier alpha value is -2.36. The lowest BCUT2D eigenvalue weighted by molar-refractivity contribution is 0.439. The van der Waals surface area contributed by atoms with Gasteiger partial charge in [-0.25, -0.2) is 4.39 Å². The molecule has 0 unspecified atom stereocenters. The third-order valence-corrected chi connectivity index (χ3v) is 2.81. The maximum atomic E-state index is 13.9. The van der Waals surface area contributed by atoms with Crippen LogP contribution in [0.3, 0.4) is 0 Å². The monoisotopic (exact) mass is 258 g/mol. The first-order chi connectivity index (χ1) is 8.97. The van der Waals surface area contributed by atoms with E-state index in [-0.39, 0.29) is 11.6 Å². The van der Waals surface area contributed by atoms with Crippen LogP contribution in [0.5, 0.6) is 11.5 Å². The van der Waals surface area contributed by atoms with Crippen LogP contribution in [0.25, 0.3) is 0 Å². The van der Waals surface area contributed by atoms with Gasteiger partial charge in [-0.15, -0.1) is 0 Å². The minimum atomic E-state index is -0.534. The van der Waals surface area contributed by atoms with Gasteiger partial charge in [0.2, 0.25) is 0 Å². The smallest absolute Gasteiger partial charge is 0.166 e. The lowest BCUT2D eigenvalue weighted by Gasteiger charge is -2.11. The molecule has 0 aliphatic rings. The van der Waals surface area contributed by atoms with Crippen molar-refractivity contribution in [2.45, 2.75) is 13.8 Å². The van der Waals surface area contributed by atoms with Gasteiger partial charge in [0, 0.05) is 5.56 Å². The Morgan fingerprint density at radius 2 is 1.84 bits per heavy atom. The van der Waals surface area contributed by atoms with Gasteiger partial charge < -0.3 is 10.5 Å². The highest BCUT2D eigenvalue weighted by Gasteiger charge is 2.09. The van der Waals surface area contributed by atoms with Gasteiger partial charge in [0.1, 0.15) is 11.6 Å². The second-order valence-corrected chi connectivity index (χ2v) is 4.43. The summed E-state index contributed by atoms with van der Waals surface area (Å²) in [6.07, 6.45) is 0. The summed E-state index contributed by atoms with van der Waals surface area (Å²) in [6.45, 7) is 3.85. The quantitative estimate of drug-likeness (QED) is 0.653. The molecule has 2 rings (SSSR count). The number of benzene rings is 2. The molecule has 0 radical (unpaired) electrons. The van der Waals surface area contributed by atoms with Gasteiger partial charge in [-0.05, 0) is 49.2 Å². The third-order valence-electron chi connectivity index (χ3n) is 2.81. The Labute approximate surface area is 111 Å². The predicted octanol–water partition coefficient (Wildman–Crippen LogP) is 3.52. The van der Waals surface area contributed by atoms with Crippen molar-refractivity contribution in [3.8, 4) is 11.5 Å². The molecule has 0 saturated heterocycles. The van der Waals surface area contributed by atoms with Crippen LogP contribution in [0.4, 0.5) is 4.39 Å². The summed E-state index contributed by atoms with van der Waals surface area (Å²) >= 11 is 0. The van der Waals surface area contributed by atoms with Crippen LogP contribution >= 0.6 is 0 Å². The SMILES string of the molecule is Cc1ccc(C)c(Oc2ccc(C(=N)N)cc2F)c1. The molecule has 0 bridgehead atoms. The molecule has 0 saturated carbocycles. The molecule has 0 atom stereocenters. The average molecular weight is 258 g/mol. The van der Waals surface area contributed by atoms with Crippen LogP contribution < -0.4 is 10.5 Å². The van der Waals surface area contributed by atoms with E-state index in [1.54, 1.807) is 6.07 Å². The van der Waals surface area contributed by atoms with Crippen LogP contribution in [0.15, 0.2) is 36.4 Å². The Balaban J connectivity index is 2.33. The van der Waals surface area contributed by atoms with E-state index < -0.39 is 5.82 Å². The summed E-state index contributed by atoms with van der Waals surface area (Å²) in [7, 11) is 0. The van der Waals surface area contributed by atoms with Crippen molar-refractivity contribution >= 4 is 5.84 Å². The van der Waals surface area contributed by atoms with E-state index in [0.29, 0.717) is 11.3 Å². The molecule has 0 heterocycles. The first-order valence-electron chi connectivity index (χ1n) is 5.86. The van der Waals surface area contributed by atoms with Crippen LogP contribution in [-0.2, 0) is 0 Å². The normalized spacial score (nSPS) is 10.3. The molecule has 2 aromatic carbocycles. The second-order valence-electron chi connectivity index (χ2n) is 4.43. The van der Waals surface area contributed by atoms with Crippen molar-refractivity contribution in [1.29, 1.82) is 5.41 Å². The highest BCUT2D eigenvalue weighted by molar-refractivity contribution is 5.95. The van der Waals surface area contributed by atoms with Crippen LogP contribution in [0.1, 0.15) is 16.7 Å². The fourth-order valence-corrected chi connectivity index (χ4v) is 1.69. The minimum Gasteiger partial charge on any atom is -0.454 e. The van der Waals surface area contributed by atoms with E-state index in [9.17, 15) is 4.39 Å². The predicted molar refractivity (Wildman–Crippen MR) is 73.4 cm³/mol. The van der Waals surface area contributed by atoms with E-state index in [1.807, 2.05) is 32.0 Å². The zero-order valence-corrected chi connectivity index (χ0v) is 10.8. The van der Waals surface area contributed by atoms with Gasteiger partial charge in [-0.3, -0.25) is 5.41 Å². The molecule has 19 heavy (non-hydrogen) atoms. The number of nitrogen functional groups attached to an aromatic ring is 1. The lowest BCUT2D eigenvalue weighted by Crippen LogP contribution is -2.11. The van der Waals surface area contributed by atoms with Gasteiger partial charge in [-0.1, -0.05) is 12.1 Å². The molecular weight excluding hydrogens is 243 g/mol. The number of rotatable bonds is 3. The third kappa shape index (κ3) is 2.91. The molecule has 0 fully saturated rings. The number of nitrogens with one attached hydrogen (secondary N) is 1. The van der Waals surface area contributed by atoms with Crippen molar-refractivity contribution in [2.75, 3.05) is 0 Å². The number of hydrogen-bond acceptors (Lipinski definition) is 2. The van der Waals surface area contributed by atoms with Gasteiger partial charge >= 0.3 is 0 Å². The standard InChI is InChI=1S/C15H15FN2O/c1-9-3-4-10(2)14(7-9)19-13-6-5-11(15(17)18)8-12(13)16/h3-8H,1-2H3,(H3,17,18). The second kappa shape index (κ2) is 5.10. The molecule has 98 valence electrons. The van der Waals surface area contributed by atoms with Gasteiger partial charge in [0.15, 0.2) is 11.6 Å². The number of halogens is 1. The summed E-state index contributed by atoms with van der Waals surface area (Å²) in [6, 6.07) is 9.99. The molecule has 3 nitrogen and oxygen atoms in total.